The number of hydrogen-bond acceptors (Lipinski definition) is 6. The summed E-state index contributed by atoms with van der Waals surface area (Å²) in [5, 5.41) is 10.6. The molecule has 0 saturated heterocycles. The van der Waals surface area contributed by atoms with Gasteiger partial charge < -0.3 is 9.47 Å². The maximum atomic E-state index is 11.4. The Morgan fingerprint density at radius 1 is 1.16 bits per heavy atom. The van der Waals surface area contributed by atoms with Crippen LogP contribution in [-0.2, 0) is 15.0 Å². The van der Waals surface area contributed by atoms with Crippen LogP contribution < -0.4 is 0 Å². The van der Waals surface area contributed by atoms with Crippen molar-refractivity contribution >= 4 is 11.9 Å². The van der Waals surface area contributed by atoms with Gasteiger partial charge in [0.25, 0.3) is 0 Å². The van der Waals surface area contributed by atoms with E-state index in [0.29, 0.717) is 16.8 Å². The Kier molecular flexibility index (Phi) is 6.90. The Labute approximate surface area is 147 Å². The molecule has 0 bridgehead atoms. The van der Waals surface area contributed by atoms with Crippen molar-refractivity contribution in [3.63, 3.8) is 0 Å². The minimum atomic E-state index is -0.355. The fourth-order valence-corrected chi connectivity index (χ4v) is 1.91. The summed E-state index contributed by atoms with van der Waals surface area (Å²) in [6.07, 6.45) is 4.15. The summed E-state index contributed by atoms with van der Waals surface area (Å²) in [5.41, 5.74) is 2.40. The first-order valence-electron chi connectivity index (χ1n) is 7.91. The lowest BCUT2D eigenvalue weighted by Gasteiger charge is -2.23. The van der Waals surface area contributed by atoms with Crippen LogP contribution in [0.4, 0.5) is 0 Å². The Morgan fingerprint density at radius 3 is 2.16 bits per heavy atom. The van der Waals surface area contributed by atoms with Gasteiger partial charge >= 0.3 is 11.9 Å². The van der Waals surface area contributed by atoms with Crippen LogP contribution in [0.1, 0.15) is 59.3 Å². The second kappa shape index (κ2) is 8.46. The second-order valence-corrected chi connectivity index (χ2v) is 6.13. The SMILES string of the molecule is CCC(C)(C)n1cc(C(=O)OC)c(C)n1.COC(=O)c1cn[nH]c1C. The molecule has 8 heteroatoms. The largest absolute Gasteiger partial charge is 0.465 e. The molecule has 0 aromatic carbocycles. The first kappa shape index (κ1) is 20.4. The molecule has 138 valence electrons. The molecule has 0 aliphatic heterocycles. The fourth-order valence-electron chi connectivity index (χ4n) is 1.91. The van der Waals surface area contributed by atoms with Crippen molar-refractivity contribution in [1.82, 2.24) is 20.0 Å². The summed E-state index contributed by atoms with van der Waals surface area (Å²) in [7, 11) is 2.72. The van der Waals surface area contributed by atoms with Gasteiger partial charge in [0.1, 0.15) is 11.1 Å². The van der Waals surface area contributed by atoms with Gasteiger partial charge in [0, 0.05) is 11.9 Å². The summed E-state index contributed by atoms with van der Waals surface area (Å²) >= 11 is 0. The zero-order valence-corrected chi connectivity index (χ0v) is 15.8. The third-order valence-corrected chi connectivity index (χ3v) is 4.02. The van der Waals surface area contributed by atoms with Crippen LogP contribution in [-0.4, -0.2) is 46.1 Å². The van der Waals surface area contributed by atoms with Crippen LogP contribution in [0.5, 0.6) is 0 Å². The van der Waals surface area contributed by atoms with E-state index in [0.717, 1.165) is 12.1 Å². The molecule has 2 rings (SSSR count). The molecule has 0 fully saturated rings. The molecule has 8 nitrogen and oxygen atoms in total. The van der Waals surface area contributed by atoms with Gasteiger partial charge in [-0.15, -0.1) is 0 Å². The molecule has 0 spiro atoms. The second-order valence-electron chi connectivity index (χ2n) is 6.13. The lowest BCUT2D eigenvalue weighted by atomic mass is 10.0. The molecular weight excluding hydrogens is 324 g/mol. The molecule has 2 aromatic heterocycles. The van der Waals surface area contributed by atoms with Gasteiger partial charge in [-0.2, -0.15) is 10.2 Å². The first-order chi connectivity index (χ1) is 11.7. The van der Waals surface area contributed by atoms with Crippen molar-refractivity contribution in [2.45, 2.75) is 46.6 Å². The number of aromatic amines is 1. The number of ether oxygens (including phenoxy) is 2. The van der Waals surface area contributed by atoms with E-state index >= 15 is 0 Å². The van der Waals surface area contributed by atoms with Crippen LogP contribution in [0.3, 0.4) is 0 Å². The highest BCUT2D eigenvalue weighted by Crippen LogP contribution is 2.20. The molecule has 0 atom stereocenters. The van der Waals surface area contributed by atoms with Crippen molar-refractivity contribution < 1.29 is 19.1 Å². The molecule has 0 unspecified atom stereocenters. The smallest absolute Gasteiger partial charge is 0.341 e. The van der Waals surface area contributed by atoms with E-state index in [1.807, 2.05) is 11.6 Å². The third kappa shape index (κ3) is 4.91. The average molecular weight is 350 g/mol. The van der Waals surface area contributed by atoms with Gasteiger partial charge in [-0.1, -0.05) is 6.92 Å². The van der Waals surface area contributed by atoms with Gasteiger partial charge in [-0.25, -0.2) is 9.59 Å². The number of nitrogens with zero attached hydrogens (tertiary/aromatic N) is 3. The van der Waals surface area contributed by atoms with Crippen LogP contribution in [0, 0.1) is 13.8 Å². The van der Waals surface area contributed by atoms with E-state index < -0.39 is 0 Å². The maximum absolute atomic E-state index is 11.4. The van der Waals surface area contributed by atoms with Crippen molar-refractivity contribution in [2.24, 2.45) is 0 Å². The molecule has 0 radical (unpaired) electrons. The Bertz CT molecular complexity index is 731. The van der Waals surface area contributed by atoms with E-state index in [4.69, 9.17) is 0 Å². The standard InChI is InChI=1S/C11H18N2O2.C6H8N2O2/c1-6-11(3,4)13-7-9(8(2)12-13)10(14)15-5;1-4-5(3-7-8-4)6(9)10-2/h7H,6H2,1-5H3;3H,1-2H3,(H,7,8). The first-order valence-corrected chi connectivity index (χ1v) is 7.91. The molecular formula is C17H26N4O4. The van der Waals surface area contributed by atoms with Gasteiger partial charge in [-0.05, 0) is 34.1 Å². The van der Waals surface area contributed by atoms with E-state index in [1.54, 1.807) is 13.1 Å². The number of methoxy groups -OCH3 is 2. The zero-order valence-electron chi connectivity index (χ0n) is 15.8. The van der Waals surface area contributed by atoms with Crippen molar-refractivity contribution in [1.29, 1.82) is 0 Å². The number of hydrogen-bond donors (Lipinski definition) is 1. The van der Waals surface area contributed by atoms with Gasteiger partial charge in [-0.3, -0.25) is 9.78 Å². The highest BCUT2D eigenvalue weighted by atomic mass is 16.5. The summed E-state index contributed by atoms with van der Waals surface area (Å²) in [6, 6.07) is 0. The zero-order chi connectivity index (χ0) is 19.2. The van der Waals surface area contributed by atoms with E-state index in [9.17, 15) is 9.59 Å². The fraction of sp³-hybridized carbons (Fsp3) is 0.529. The Hall–Kier alpha value is -2.64. The van der Waals surface area contributed by atoms with Gasteiger partial charge in [0.05, 0.1) is 31.6 Å². The van der Waals surface area contributed by atoms with E-state index in [2.05, 4.69) is 45.5 Å². The van der Waals surface area contributed by atoms with Gasteiger partial charge in [0.15, 0.2) is 0 Å². The van der Waals surface area contributed by atoms with Crippen molar-refractivity contribution in [2.75, 3.05) is 14.2 Å². The topological polar surface area (TPSA) is 99.1 Å². The van der Waals surface area contributed by atoms with Crippen LogP contribution >= 0.6 is 0 Å². The summed E-state index contributed by atoms with van der Waals surface area (Å²) < 4.78 is 11.0. The highest BCUT2D eigenvalue weighted by Gasteiger charge is 2.22. The summed E-state index contributed by atoms with van der Waals surface area (Å²) in [5.74, 6) is -0.683. The minimum Gasteiger partial charge on any atom is -0.465 e. The van der Waals surface area contributed by atoms with Crippen molar-refractivity contribution in [3.05, 3.63) is 34.9 Å². The molecule has 2 aromatic rings. The summed E-state index contributed by atoms with van der Waals surface area (Å²) in [4.78, 5) is 22.2. The third-order valence-electron chi connectivity index (χ3n) is 4.02. The predicted octanol–water partition coefficient (Wildman–Crippen LogP) is 2.63. The normalized spacial score (nSPS) is 10.7. The predicted molar refractivity (Wildman–Crippen MR) is 92.6 cm³/mol. The number of aryl methyl sites for hydroxylation is 2. The van der Waals surface area contributed by atoms with E-state index in [-0.39, 0.29) is 17.5 Å². The number of carbonyl (C=O) groups excluding carboxylic acids is 2. The number of carbonyl (C=O) groups is 2. The molecule has 2 heterocycles. The van der Waals surface area contributed by atoms with Crippen LogP contribution in [0.15, 0.2) is 12.4 Å². The number of nitrogens with one attached hydrogen (secondary N) is 1. The lowest BCUT2D eigenvalue weighted by Crippen LogP contribution is -2.25. The number of esters is 2. The number of aromatic nitrogens is 4. The van der Waals surface area contributed by atoms with Gasteiger partial charge in [0.2, 0.25) is 0 Å². The quantitative estimate of drug-likeness (QED) is 0.851. The molecule has 0 amide bonds. The summed E-state index contributed by atoms with van der Waals surface area (Å²) in [6.45, 7) is 9.84. The van der Waals surface area contributed by atoms with Crippen LogP contribution in [0.2, 0.25) is 0 Å². The molecule has 25 heavy (non-hydrogen) atoms. The maximum Gasteiger partial charge on any atom is 0.341 e. The molecule has 1 N–H and O–H groups in total. The Morgan fingerprint density at radius 2 is 1.72 bits per heavy atom. The van der Waals surface area contributed by atoms with Crippen LogP contribution in [0.25, 0.3) is 0 Å². The molecule has 0 aliphatic rings. The Balaban J connectivity index is 0.000000271. The minimum absolute atomic E-state index is 0.0724. The molecule has 0 saturated carbocycles. The highest BCUT2D eigenvalue weighted by molar-refractivity contribution is 5.90. The lowest BCUT2D eigenvalue weighted by molar-refractivity contribution is 0.0590. The number of rotatable bonds is 4. The molecule has 0 aliphatic carbocycles. The monoisotopic (exact) mass is 350 g/mol. The number of H-pyrrole nitrogens is 1. The average Bonchev–Trinajstić information content (AvgIpc) is 3.20. The van der Waals surface area contributed by atoms with Crippen molar-refractivity contribution in [3.8, 4) is 0 Å². The van der Waals surface area contributed by atoms with E-state index in [1.165, 1.54) is 20.4 Å².